The van der Waals surface area contributed by atoms with Crippen LogP contribution in [-0.4, -0.2) is 53.9 Å². The first-order valence-electron chi connectivity index (χ1n) is 12.6. The number of ether oxygens (including phenoxy) is 3. The number of nitrogens with one attached hydrogen (secondary N) is 1. The van der Waals surface area contributed by atoms with Crippen LogP contribution in [0, 0.1) is 0 Å². The van der Waals surface area contributed by atoms with Crippen molar-refractivity contribution in [2.75, 3.05) is 33.4 Å². The second kappa shape index (κ2) is 10.5. The summed E-state index contributed by atoms with van der Waals surface area (Å²) < 4.78 is 18.7. The van der Waals surface area contributed by atoms with Crippen LogP contribution in [0.15, 0.2) is 58.8 Å². The van der Waals surface area contributed by atoms with Gasteiger partial charge in [-0.25, -0.2) is 4.98 Å². The average molecular weight is 519 g/mol. The number of benzene rings is 2. The highest BCUT2D eigenvalue weighted by Gasteiger charge is 2.21. The van der Waals surface area contributed by atoms with Crippen molar-refractivity contribution in [3.8, 4) is 27.8 Å². The van der Waals surface area contributed by atoms with Crippen LogP contribution < -0.4 is 25.1 Å². The Kier molecular flexibility index (Phi) is 6.82. The molecule has 0 aliphatic carbocycles. The molecule has 0 spiro atoms. The number of hydrogen-bond acceptors (Lipinski definition) is 8. The second-order valence-electron chi connectivity index (χ2n) is 9.44. The van der Waals surface area contributed by atoms with Crippen molar-refractivity contribution in [3.05, 3.63) is 70.0 Å². The maximum Gasteiger partial charge on any atom is 0.252 e. The zero-order valence-corrected chi connectivity index (χ0v) is 21.6. The van der Waals surface area contributed by atoms with Crippen LogP contribution in [0.25, 0.3) is 21.5 Å². The number of fused-ring (bicyclic) bond motifs is 2. The molecule has 4 heterocycles. The number of thiazole rings is 1. The minimum atomic E-state index is -0.0233. The summed E-state index contributed by atoms with van der Waals surface area (Å²) in [5, 5.41) is 7.48. The highest BCUT2D eigenvalue weighted by Crippen LogP contribution is 2.32. The molecule has 2 aromatic heterocycles. The predicted octanol–water partition coefficient (Wildman–Crippen LogP) is 4.12. The minimum Gasteiger partial charge on any atom is -0.497 e. The van der Waals surface area contributed by atoms with Gasteiger partial charge in [0.15, 0.2) is 11.5 Å². The summed E-state index contributed by atoms with van der Waals surface area (Å²) in [6.07, 6.45) is 3.82. The molecule has 8 nitrogen and oxygen atoms in total. The highest BCUT2D eigenvalue weighted by molar-refractivity contribution is 7.13. The first-order valence-corrected chi connectivity index (χ1v) is 13.5. The van der Waals surface area contributed by atoms with Gasteiger partial charge in [-0.3, -0.25) is 14.3 Å². The smallest absolute Gasteiger partial charge is 0.252 e. The van der Waals surface area contributed by atoms with Gasteiger partial charge in [0.2, 0.25) is 0 Å². The van der Waals surface area contributed by atoms with Gasteiger partial charge in [-0.05, 0) is 42.7 Å². The Balaban J connectivity index is 1.14. The zero-order valence-electron chi connectivity index (χ0n) is 20.8. The lowest BCUT2D eigenvalue weighted by Crippen LogP contribution is -2.44. The van der Waals surface area contributed by atoms with Crippen molar-refractivity contribution in [2.45, 2.75) is 32.1 Å². The molecule has 0 bridgehead atoms. The molecule has 2 aliphatic heterocycles. The van der Waals surface area contributed by atoms with Crippen LogP contribution in [-0.2, 0) is 13.2 Å². The fraction of sp³-hybridized carbons (Fsp3) is 0.357. The Hall–Kier alpha value is -3.40. The Labute approximate surface area is 219 Å². The van der Waals surface area contributed by atoms with Crippen molar-refractivity contribution >= 4 is 22.2 Å². The molecular weight excluding hydrogens is 488 g/mol. The summed E-state index contributed by atoms with van der Waals surface area (Å²) in [5.74, 6) is 2.39. The van der Waals surface area contributed by atoms with E-state index in [1.165, 1.54) is 16.9 Å². The van der Waals surface area contributed by atoms with E-state index >= 15 is 0 Å². The molecule has 1 saturated heterocycles. The van der Waals surface area contributed by atoms with Crippen molar-refractivity contribution in [3.63, 3.8) is 0 Å². The molecule has 37 heavy (non-hydrogen) atoms. The summed E-state index contributed by atoms with van der Waals surface area (Å²) in [4.78, 5) is 20.1. The first kappa shape index (κ1) is 24.0. The number of aromatic nitrogens is 2. The highest BCUT2D eigenvalue weighted by atomic mass is 32.1. The van der Waals surface area contributed by atoms with Crippen LogP contribution in [0.2, 0.25) is 0 Å². The molecule has 6 rings (SSSR count). The molecule has 4 aromatic rings. The van der Waals surface area contributed by atoms with Gasteiger partial charge >= 0.3 is 0 Å². The van der Waals surface area contributed by atoms with Gasteiger partial charge in [0.25, 0.3) is 5.56 Å². The molecule has 2 aliphatic rings. The fourth-order valence-corrected chi connectivity index (χ4v) is 5.77. The molecule has 0 atom stereocenters. The van der Waals surface area contributed by atoms with Crippen molar-refractivity contribution in [1.29, 1.82) is 0 Å². The van der Waals surface area contributed by atoms with E-state index in [-0.39, 0.29) is 5.56 Å². The van der Waals surface area contributed by atoms with E-state index in [0.717, 1.165) is 71.2 Å². The zero-order chi connectivity index (χ0) is 25.2. The average Bonchev–Trinajstić information content (AvgIpc) is 3.48. The Morgan fingerprint density at radius 3 is 2.70 bits per heavy atom. The molecule has 2 aromatic carbocycles. The van der Waals surface area contributed by atoms with E-state index in [0.29, 0.717) is 25.9 Å². The fourth-order valence-electron chi connectivity index (χ4n) is 5.11. The van der Waals surface area contributed by atoms with Crippen LogP contribution in [0.1, 0.15) is 18.4 Å². The molecule has 9 heteroatoms. The molecule has 0 saturated carbocycles. The molecule has 192 valence electrons. The van der Waals surface area contributed by atoms with Gasteiger partial charge in [0, 0.05) is 60.3 Å². The summed E-state index contributed by atoms with van der Waals surface area (Å²) in [5.41, 5.74) is 2.91. The third kappa shape index (κ3) is 5.07. The van der Waals surface area contributed by atoms with Gasteiger partial charge < -0.3 is 19.5 Å². The van der Waals surface area contributed by atoms with E-state index in [2.05, 4.69) is 27.3 Å². The Morgan fingerprint density at radius 1 is 1.08 bits per heavy atom. The lowest BCUT2D eigenvalue weighted by molar-refractivity contribution is 0.159. The van der Waals surface area contributed by atoms with Crippen LogP contribution >= 0.6 is 11.3 Å². The third-order valence-electron chi connectivity index (χ3n) is 7.11. The SMILES string of the molecule is COc1ccc2c(-c3nccs3)cc(=O)n(CN3CCC(NCc4ccc5c(c4)OCCO5)CC3)c2c1. The lowest BCUT2D eigenvalue weighted by Gasteiger charge is -2.33. The van der Waals surface area contributed by atoms with Crippen LogP contribution in [0.5, 0.6) is 17.2 Å². The number of methoxy groups -OCH3 is 1. The number of likely N-dealkylation sites (tertiary alicyclic amines) is 1. The molecular formula is C28H30N4O4S. The maximum absolute atomic E-state index is 13.3. The summed E-state index contributed by atoms with van der Waals surface area (Å²) >= 11 is 1.54. The van der Waals surface area contributed by atoms with Gasteiger partial charge in [0.1, 0.15) is 24.0 Å². The van der Waals surface area contributed by atoms with E-state index in [9.17, 15) is 4.79 Å². The van der Waals surface area contributed by atoms with Crippen LogP contribution in [0.3, 0.4) is 0 Å². The number of pyridine rings is 1. The molecule has 0 radical (unpaired) electrons. The van der Waals surface area contributed by atoms with Gasteiger partial charge in [-0.15, -0.1) is 11.3 Å². The summed E-state index contributed by atoms with van der Waals surface area (Å²) in [6.45, 7) is 4.39. The minimum absolute atomic E-state index is 0.0233. The van der Waals surface area contributed by atoms with Crippen molar-refractivity contribution < 1.29 is 14.2 Å². The van der Waals surface area contributed by atoms with Gasteiger partial charge in [-0.1, -0.05) is 6.07 Å². The number of rotatable bonds is 7. The Bertz CT molecular complexity index is 1440. The van der Waals surface area contributed by atoms with Crippen molar-refractivity contribution in [1.82, 2.24) is 19.8 Å². The normalized spacial score (nSPS) is 16.2. The lowest BCUT2D eigenvalue weighted by atomic mass is 10.0. The summed E-state index contributed by atoms with van der Waals surface area (Å²) in [6, 6.07) is 14.2. The van der Waals surface area contributed by atoms with Gasteiger partial charge in [-0.2, -0.15) is 0 Å². The van der Waals surface area contributed by atoms with E-state index in [1.807, 2.05) is 34.2 Å². The van der Waals surface area contributed by atoms with E-state index in [1.54, 1.807) is 19.4 Å². The van der Waals surface area contributed by atoms with Gasteiger partial charge in [0.05, 0.1) is 19.3 Å². The number of piperidine rings is 1. The largest absolute Gasteiger partial charge is 0.497 e. The van der Waals surface area contributed by atoms with Crippen molar-refractivity contribution in [2.24, 2.45) is 0 Å². The maximum atomic E-state index is 13.3. The number of hydrogen-bond donors (Lipinski definition) is 1. The quantitative estimate of drug-likeness (QED) is 0.394. The monoisotopic (exact) mass is 518 g/mol. The summed E-state index contributed by atoms with van der Waals surface area (Å²) in [7, 11) is 1.65. The standard InChI is InChI=1S/C28H30N4O4S/c1-34-21-3-4-22-23(28-29-8-13-37-28)16-27(33)32(24(22)15-21)18-31-9-6-20(7-10-31)30-17-19-2-5-25-26(14-19)36-12-11-35-25/h2-5,8,13-16,20,30H,6-7,9-12,17-18H2,1H3. The van der Waals surface area contributed by atoms with Crippen LogP contribution in [0.4, 0.5) is 0 Å². The topological polar surface area (TPSA) is 77.9 Å². The Morgan fingerprint density at radius 2 is 1.92 bits per heavy atom. The third-order valence-corrected chi connectivity index (χ3v) is 7.92. The number of nitrogens with zero attached hydrogens (tertiary/aromatic N) is 3. The van der Waals surface area contributed by atoms with E-state index < -0.39 is 0 Å². The predicted molar refractivity (Wildman–Crippen MR) is 145 cm³/mol. The molecule has 0 amide bonds. The van der Waals surface area contributed by atoms with E-state index in [4.69, 9.17) is 14.2 Å². The molecule has 0 unspecified atom stereocenters. The second-order valence-corrected chi connectivity index (χ2v) is 10.3. The molecule has 1 N–H and O–H groups in total. The molecule has 1 fully saturated rings. The first-order chi connectivity index (χ1) is 18.2.